The molecule has 5 rings (SSSR count). The predicted octanol–water partition coefficient (Wildman–Crippen LogP) is 7.45. The van der Waals surface area contributed by atoms with Crippen LogP contribution >= 0.6 is 11.3 Å². The molecule has 5 aromatic rings. The largest absolute Gasteiger partial charge is 0.493 e. The summed E-state index contributed by atoms with van der Waals surface area (Å²) in [5, 5.41) is 6.22. The van der Waals surface area contributed by atoms with E-state index < -0.39 is 0 Å². The predicted molar refractivity (Wildman–Crippen MR) is 156 cm³/mol. The molecule has 2 aromatic heterocycles. The van der Waals surface area contributed by atoms with Gasteiger partial charge in [0.05, 0.1) is 22.8 Å². The smallest absolute Gasteiger partial charge is 0.262 e. The van der Waals surface area contributed by atoms with E-state index in [-0.39, 0.29) is 17.4 Å². The van der Waals surface area contributed by atoms with Crippen molar-refractivity contribution < 1.29 is 14.3 Å². The Balaban J connectivity index is 1.51. The van der Waals surface area contributed by atoms with Gasteiger partial charge in [-0.25, -0.2) is 9.97 Å². The van der Waals surface area contributed by atoms with E-state index in [4.69, 9.17) is 9.47 Å². The van der Waals surface area contributed by atoms with Crippen molar-refractivity contribution in [1.29, 1.82) is 0 Å². The quantitative estimate of drug-likeness (QED) is 0.201. The van der Waals surface area contributed by atoms with Gasteiger partial charge in [0.1, 0.15) is 5.56 Å². The second kappa shape index (κ2) is 11.5. The van der Waals surface area contributed by atoms with Crippen molar-refractivity contribution >= 4 is 44.8 Å². The number of carbonyl (C=O) groups excluding carboxylic acids is 1. The number of carbonyl (C=O) groups is 1. The number of nitrogens with zero attached hydrogens (tertiary/aromatic N) is 3. The van der Waals surface area contributed by atoms with Crippen molar-refractivity contribution in [2.24, 2.45) is 0 Å². The topological polar surface area (TPSA) is 98.3 Å². The summed E-state index contributed by atoms with van der Waals surface area (Å²) in [4.78, 5) is 26.8. The number of methoxy groups -OCH3 is 1. The Bertz CT molecular complexity index is 1630. The molecule has 0 spiro atoms. The molecule has 1 amide bonds. The third kappa shape index (κ3) is 5.83. The van der Waals surface area contributed by atoms with Crippen LogP contribution in [0.1, 0.15) is 40.4 Å². The van der Waals surface area contributed by atoms with Gasteiger partial charge < -0.3 is 20.1 Å². The van der Waals surface area contributed by atoms with Gasteiger partial charge in [0.15, 0.2) is 11.5 Å². The van der Waals surface area contributed by atoms with Crippen LogP contribution in [0.15, 0.2) is 66.3 Å². The first kappa shape index (κ1) is 26.1. The Morgan fingerprint density at radius 2 is 1.82 bits per heavy atom. The lowest BCUT2D eigenvalue weighted by molar-refractivity contribution is 0.102. The van der Waals surface area contributed by atoms with Gasteiger partial charge in [-0.2, -0.15) is 4.98 Å². The van der Waals surface area contributed by atoms with Crippen LogP contribution in [0.4, 0.5) is 17.3 Å². The molecule has 0 unspecified atom stereocenters. The second-order valence-corrected chi connectivity index (χ2v) is 10.0. The van der Waals surface area contributed by atoms with E-state index in [1.54, 1.807) is 24.0 Å². The molecule has 39 heavy (non-hydrogen) atoms. The molecule has 2 heterocycles. The van der Waals surface area contributed by atoms with E-state index in [1.807, 2.05) is 68.4 Å². The number of amides is 1. The van der Waals surface area contributed by atoms with Gasteiger partial charge >= 0.3 is 0 Å². The zero-order chi connectivity index (χ0) is 27.4. The second-order valence-electron chi connectivity index (χ2n) is 9.13. The highest BCUT2D eigenvalue weighted by atomic mass is 32.1. The molecule has 0 saturated heterocycles. The van der Waals surface area contributed by atoms with Crippen LogP contribution in [0.5, 0.6) is 17.4 Å². The molecule has 0 saturated carbocycles. The highest BCUT2D eigenvalue weighted by molar-refractivity contribution is 7.16. The summed E-state index contributed by atoms with van der Waals surface area (Å²) in [6.07, 6.45) is 3.41. The SMILES string of the molecule is CCCc1ccc(Oc2nc(Nc3ccc4ncsc4c3)ncc2C(=O)Nc2c(C)cccc2C)c(OC)c1. The summed E-state index contributed by atoms with van der Waals surface area (Å²) in [6, 6.07) is 17.4. The average Bonchev–Trinajstić information content (AvgIpc) is 3.40. The van der Waals surface area contributed by atoms with E-state index in [1.165, 1.54) is 6.20 Å². The molecule has 198 valence electrons. The lowest BCUT2D eigenvalue weighted by Gasteiger charge is -2.16. The molecule has 0 atom stereocenters. The molecule has 0 aliphatic carbocycles. The van der Waals surface area contributed by atoms with Gasteiger partial charge in [0.2, 0.25) is 11.8 Å². The number of benzene rings is 3. The maximum Gasteiger partial charge on any atom is 0.262 e. The van der Waals surface area contributed by atoms with E-state index in [0.717, 1.165) is 51.1 Å². The van der Waals surface area contributed by atoms with Gasteiger partial charge in [-0.15, -0.1) is 11.3 Å². The van der Waals surface area contributed by atoms with E-state index in [9.17, 15) is 4.79 Å². The summed E-state index contributed by atoms with van der Waals surface area (Å²) < 4.78 is 12.9. The minimum absolute atomic E-state index is 0.108. The standard InChI is InChI=1S/C30H29N5O3S/c1-5-7-20-10-13-24(25(14-20)37-4)38-29-22(28(36)34-27-18(2)8-6-9-19(27)3)16-31-30(35-29)33-21-11-12-23-26(15-21)39-17-32-23/h6,8-17H,5,7H2,1-4H3,(H,34,36)(H,31,33,35). The molecule has 0 radical (unpaired) electrons. The Hall–Kier alpha value is -4.50. The minimum atomic E-state index is -0.374. The monoisotopic (exact) mass is 539 g/mol. The third-order valence-electron chi connectivity index (χ3n) is 6.28. The fraction of sp³-hybridized carbons (Fsp3) is 0.200. The highest BCUT2D eigenvalue weighted by Crippen LogP contribution is 2.34. The summed E-state index contributed by atoms with van der Waals surface area (Å²) in [6.45, 7) is 6.03. The first-order valence-electron chi connectivity index (χ1n) is 12.6. The molecule has 3 aromatic carbocycles. The van der Waals surface area contributed by atoms with Gasteiger partial charge in [-0.05, 0) is 67.3 Å². The van der Waals surface area contributed by atoms with Gasteiger partial charge in [0, 0.05) is 17.6 Å². The van der Waals surface area contributed by atoms with Crippen LogP contribution in [0.25, 0.3) is 10.2 Å². The van der Waals surface area contributed by atoms with Crippen molar-refractivity contribution in [3.05, 3.63) is 88.6 Å². The Morgan fingerprint density at radius 3 is 2.59 bits per heavy atom. The van der Waals surface area contributed by atoms with Crippen LogP contribution in [0.3, 0.4) is 0 Å². The summed E-state index contributed by atoms with van der Waals surface area (Å²) in [5.41, 5.74) is 7.52. The number of ether oxygens (including phenoxy) is 2. The minimum Gasteiger partial charge on any atom is -0.493 e. The normalized spacial score (nSPS) is 10.9. The summed E-state index contributed by atoms with van der Waals surface area (Å²) >= 11 is 1.55. The van der Waals surface area contributed by atoms with Gasteiger partial charge in [0.25, 0.3) is 5.91 Å². The van der Waals surface area contributed by atoms with Crippen molar-refractivity contribution in [3.8, 4) is 17.4 Å². The average molecular weight is 540 g/mol. The van der Waals surface area contributed by atoms with E-state index in [2.05, 4.69) is 32.5 Å². The molecule has 0 bridgehead atoms. The first-order chi connectivity index (χ1) is 18.9. The van der Waals surface area contributed by atoms with Crippen molar-refractivity contribution in [2.75, 3.05) is 17.7 Å². The molecule has 0 aliphatic rings. The number of fused-ring (bicyclic) bond motifs is 1. The maximum atomic E-state index is 13.5. The number of para-hydroxylation sites is 1. The molecule has 9 heteroatoms. The number of aromatic nitrogens is 3. The molecule has 2 N–H and O–H groups in total. The molecule has 8 nitrogen and oxygen atoms in total. The number of thiazole rings is 1. The molecule has 0 aliphatic heterocycles. The summed E-state index contributed by atoms with van der Waals surface area (Å²) in [5.74, 6) is 1.04. The number of hydrogen-bond acceptors (Lipinski definition) is 8. The number of anilines is 3. The van der Waals surface area contributed by atoms with Gasteiger partial charge in [-0.1, -0.05) is 37.6 Å². The number of rotatable bonds is 9. The molecular weight excluding hydrogens is 510 g/mol. The fourth-order valence-electron chi connectivity index (χ4n) is 4.26. The van der Waals surface area contributed by atoms with Crippen LogP contribution in [-0.4, -0.2) is 28.0 Å². The zero-order valence-corrected chi connectivity index (χ0v) is 23.1. The van der Waals surface area contributed by atoms with E-state index in [0.29, 0.717) is 17.4 Å². The first-order valence-corrected chi connectivity index (χ1v) is 13.5. The zero-order valence-electron chi connectivity index (χ0n) is 22.2. The van der Waals surface area contributed by atoms with E-state index >= 15 is 0 Å². The van der Waals surface area contributed by atoms with Crippen molar-refractivity contribution in [2.45, 2.75) is 33.6 Å². The highest BCUT2D eigenvalue weighted by Gasteiger charge is 2.20. The number of nitrogens with one attached hydrogen (secondary N) is 2. The fourth-order valence-corrected chi connectivity index (χ4v) is 4.98. The molecular formula is C30H29N5O3S. The number of aryl methyl sites for hydroxylation is 3. The Morgan fingerprint density at radius 1 is 1.00 bits per heavy atom. The van der Waals surface area contributed by atoms with Crippen molar-refractivity contribution in [1.82, 2.24) is 15.0 Å². The molecule has 0 fully saturated rings. The maximum absolute atomic E-state index is 13.5. The Kier molecular flexibility index (Phi) is 7.69. The third-order valence-corrected chi connectivity index (χ3v) is 7.07. The lowest BCUT2D eigenvalue weighted by Crippen LogP contribution is -2.16. The van der Waals surface area contributed by atoms with Crippen LogP contribution in [0.2, 0.25) is 0 Å². The lowest BCUT2D eigenvalue weighted by atomic mass is 10.1. The van der Waals surface area contributed by atoms with Crippen molar-refractivity contribution in [3.63, 3.8) is 0 Å². The van der Waals surface area contributed by atoms with Gasteiger partial charge in [-0.3, -0.25) is 4.79 Å². The van der Waals surface area contributed by atoms with Crippen LogP contribution < -0.4 is 20.1 Å². The summed E-state index contributed by atoms with van der Waals surface area (Å²) in [7, 11) is 1.59. The van der Waals surface area contributed by atoms with Crippen LogP contribution in [-0.2, 0) is 6.42 Å². The Labute approximate surface area is 231 Å². The number of hydrogen-bond donors (Lipinski definition) is 2. The van der Waals surface area contributed by atoms with Crippen LogP contribution in [0, 0.1) is 13.8 Å².